The molecule has 0 amide bonds. The van der Waals surface area contributed by atoms with E-state index in [0.717, 1.165) is 62.6 Å². The van der Waals surface area contributed by atoms with Crippen LogP contribution in [-0.2, 0) is 25.7 Å². The molecule has 0 aliphatic heterocycles. The third-order valence-electron chi connectivity index (χ3n) is 17.3. The number of aliphatic carboxylic acids is 1. The number of carbonyl (C=O) groups excluding carboxylic acids is 2. The van der Waals surface area contributed by atoms with Gasteiger partial charge >= 0.3 is 11.9 Å². The topological polar surface area (TPSA) is 135 Å². The number of hydrogen-bond acceptors (Lipinski definition) is 8. The van der Waals surface area contributed by atoms with E-state index < -0.39 is 28.9 Å². The van der Waals surface area contributed by atoms with Gasteiger partial charge in [0, 0.05) is 40.9 Å². The Kier molecular flexibility index (Phi) is 11.2. The highest BCUT2D eigenvalue weighted by Gasteiger charge is 2.71. The summed E-state index contributed by atoms with van der Waals surface area (Å²) in [6, 6.07) is 7.58. The van der Waals surface area contributed by atoms with Crippen LogP contribution in [0.1, 0.15) is 138 Å². The lowest BCUT2D eigenvalue weighted by molar-refractivity contribution is -0.235. The van der Waals surface area contributed by atoms with Crippen molar-refractivity contribution in [2.75, 3.05) is 20.6 Å². The van der Waals surface area contributed by atoms with Gasteiger partial charge in [0.15, 0.2) is 17.4 Å². The van der Waals surface area contributed by atoms with Crippen molar-refractivity contribution in [3.63, 3.8) is 0 Å². The Bertz CT molecular complexity index is 2020. The largest absolute Gasteiger partial charge is 0.481 e. The molecule has 0 radical (unpaired) electrons. The summed E-state index contributed by atoms with van der Waals surface area (Å²) in [5, 5.41) is 32.7. The second-order valence-electron chi connectivity index (χ2n) is 21.8. The van der Waals surface area contributed by atoms with E-state index in [4.69, 9.17) is 26.5 Å². The molecule has 4 fully saturated rings. The van der Waals surface area contributed by atoms with Crippen LogP contribution in [0.4, 0.5) is 0 Å². The molecule has 2 N–H and O–H groups in total. The third-order valence-corrected chi connectivity index (χ3v) is 17.5. The molecule has 5 aliphatic carbocycles. The van der Waals surface area contributed by atoms with Crippen molar-refractivity contribution in [3.05, 3.63) is 46.3 Å². The second kappa shape index (κ2) is 15.1. The Morgan fingerprint density at radius 3 is 2.25 bits per heavy atom. The molecule has 0 bridgehead atoms. The van der Waals surface area contributed by atoms with Gasteiger partial charge in [-0.25, -0.2) is 0 Å². The van der Waals surface area contributed by atoms with Gasteiger partial charge in [-0.15, -0.1) is 10.2 Å². The number of carboxylic acids is 1. The van der Waals surface area contributed by atoms with E-state index in [-0.39, 0.29) is 58.2 Å². The third kappa shape index (κ3) is 6.84. The number of fused-ring (bicyclic) bond motifs is 7. The van der Waals surface area contributed by atoms with E-state index in [0.29, 0.717) is 41.5 Å². The quantitative estimate of drug-likeness (QED) is 0.212. The molecule has 2 aromatic rings. The van der Waals surface area contributed by atoms with Crippen LogP contribution in [0.5, 0.6) is 0 Å². The van der Waals surface area contributed by atoms with Crippen LogP contribution in [0.2, 0.25) is 5.02 Å². The van der Waals surface area contributed by atoms with E-state index in [1.54, 1.807) is 13.8 Å². The molecule has 324 valence electrons. The Morgan fingerprint density at radius 1 is 0.949 bits per heavy atom. The molecule has 4 saturated carbocycles. The Balaban J connectivity index is 1.23. The molecular formula is C48H69ClN4O6. The predicted octanol–water partition coefficient (Wildman–Crippen LogP) is 9.59. The van der Waals surface area contributed by atoms with Gasteiger partial charge in [0.05, 0.1) is 11.8 Å². The number of aromatic nitrogens is 3. The smallest absolute Gasteiger partial charge is 0.309 e. The van der Waals surface area contributed by atoms with Crippen molar-refractivity contribution < 1.29 is 29.3 Å². The van der Waals surface area contributed by atoms with Crippen molar-refractivity contribution in [1.29, 1.82) is 0 Å². The van der Waals surface area contributed by atoms with Gasteiger partial charge in [0.25, 0.3) is 0 Å². The maximum absolute atomic E-state index is 14.5. The highest BCUT2D eigenvalue weighted by atomic mass is 35.5. The van der Waals surface area contributed by atoms with Crippen LogP contribution in [-0.4, -0.2) is 74.3 Å². The highest BCUT2D eigenvalue weighted by Crippen LogP contribution is 2.77. The molecule has 10 nitrogen and oxygen atoms in total. The van der Waals surface area contributed by atoms with E-state index in [9.17, 15) is 24.6 Å². The molecule has 1 aromatic carbocycles. The zero-order chi connectivity index (χ0) is 43.2. The lowest BCUT2D eigenvalue weighted by atomic mass is 9.33. The Hall–Kier alpha value is -3.08. The zero-order valence-electron chi connectivity index (χ0n) is 37.5. The number of aliphatic hydroxyl groups is 1. The minimum absolute atomic E-state index is 0.0163. The van der Waals surface area contributed by atoms with E-state index in [2.05, 4.69) is 57.9 Å². The fourth-order valence-corrected chi connectivity index (χ4v) is 14.1. The van der Waals surface area contributed by atoms with Crippen LogP contribution in [0.15, 0.2) is 35.4 Å². The summed E-state index contributed by atoms with van der Waals surface area (Å²) in [5.41, 5.74) is 0.676. The number of allylic oxidation sites excluding steroid dienone is 1. The van der Waals surface area contributed by atoms with Crippen LogP contribution in [0.25, 0.3) is 11.4 Å². The first-order chi connectivity index (χ1) is 27.4. The van der Waals surface area contributed by atoms with Crippen molar-refractivity contribution in [2.45, 2.75) is 145 Å². The molecule has 11 heteroatoms. The SMILES string of the molecule is CC(C)C1=C2[C@H]3CC[C@@H]4[C@@]5(C)CC[C@H](OC(=O)CC(C)(C)C(=O)O)C(C)(C)C5CC[C@@]4(C)[C@]3(C)CCC2([C@@H](O)c2nnc(-c3ccc(Cl)cc3)n2CCN(C)C)CC1=O. The van der Waals surface area contributed by atoms with Crippen molar-refractivity contribution in [1.82, 2.24) is 19.7 Å². The van der Waals surface area contributed by atoms with Gasteiger partial charge < -0.3 is 24.4 Å². The number of ether oxygens (including phenoxy) is 1. The number of rotatable bonds is 11. The summed E-state index contributed by atoms with van der Waals surface area (Å²) in [6.07, 6.45) is 6.22. The first kappa shape index (κ1) is 44.0. The summed E-state index contributed by atoms with van der Waals surface area (Å²) in [5.74, 6) is 0.886. The number of carboxylic acid groups (broad SMARTS) is 1. The van der Waals surface area contributed by atoms with Crippen LogP contribution >= 0.6 is 11.6 Å². The fraction of sp³-hybridized carbons (Fsp3) is 0.729. The number of nitrogens with zero attached hydrogens (tertiary/aromatic N) is 4. The highest BCUT2D eigenvalue weighted by molar-refractivity contribution is 6.30. The summed E-state index contributed by atoms with van der Waals surface area (Å²) in [7, 11) is 4.07. The summed E-state index contributed by atoms with van der Waals surface area (Å²) < 4.78 is 8.26. The lowest BCUT2D eigenvalue weighted by Crippen LogP contribution is -2.66. The molecule has 1 aromatic heterocycles. The van der Waals surface area contributed by atoms with Gasteiger partial charge in [-0.1, -0.05) is 60.1 Å². The molecular weight excluding hydrogens is 764 g/mol. The number of Topliss-reactive ketones (excluding diaryl/α,β-unsaturated/α-hetero) is 1. The van der Waals surface area contributed by atoms with Gasteiger partial charge in [-0.2, -0.15) is 0 Å². The lowest BCUT2D eigenvalue weighted by Gasteiger charge is -2.72. The van der Waals surface area contributed by atoms with Crippen molar-refractivity contribution in [2.24, 2.45) is 56.2 Å². The molecule has 7 rings (SSSR count). The van der Waals surface area contributed by atoms with Gasteiger partial charge in [0.1, 0.15) is 12.2 Å². The van der Waals surface area contributed by atoms with Crippen LogP contribution in [0.3, 0.4) is 0 Å². The summed E-state index contributed by atoms with van der Waals surface area (Å²) in [4.78, 5) is 41.6. The minimum Gasteiger partial charge on any atom is -0.481 e. The molecule has 0 spiro atoms. The average Bonchev–Trinajstić information content (AvgIpc) is 3.70. The molecule has 1 heterocycles. The molecule has 5 aliphatic rings. The first-order valence-electron chi connectivity index (χ1n) is 22.2. The van der Waals surface area contributed by atoms with Gasteiger partial charge in [-0.05, 0) is 155 Å². The zero-order valence-corrected chi connectivity index (χ0v) is 38.2. The second-order valence-corrected chi connectivity index (χ2v) is 22.2. The first-order valence-corrected chi connectivity index (χ1v) is 22.5. The van der Waals surface area contributed by atoms with E-state index >= 15 is 0 Å². The molecule has 59 heavy (non-hydrogen) atoms. The minimum atomic E-state index is -1.18. The number of likely N-dealkylation sites (N-methyl/N-ethyl adjacent to an activating group) is 1. The summed E-state index contributed by atoms with van der Waals surface area (Å²) in [6.45, 7) is 20.8. The number of aliphatic hydroxyl groups excluding tert-OH is 1. The Labute approximate surface area is 356 Å². The number of esters is 1. The standard InChI is InChI=1S/C48H69ClN4O6/c1-28(2)37-32(54)26-48(39(56)41-51-50-40(53(41)25-24-52(10)11)29-12-14-30(49)15-13-29)23-22-46(8)31(38(37)48)16-17-34-45(7)20-19-35(59-36(55)27-43(3,4)42(57)58)44(5,6)33(45)18-21-47(34,46)9/h12-15,28,31,33-35,39,56H,16-27H2,1-11H3,(H,57,58)/t31-,33?,34-,35+,39+,45+,46-,47-,48?/m1/s1. The van der Waals surface area contributed by atoms with Gasteiger partial charge in [-0.3, -0.25) is 14.4 Å². The normalized spacial score (nSPS) is 34.6. The fourth-order valence-electron chi connectivity index (χ4n) is 13.9. The number of carbonyl (C=O) groups is 3. The van der Waals surface area contributed by atoms with E-state index in [1.807, 2.05) is 38.4 Å². The average molecular weight is 834 g/mol. The van der Waals surface area contributed by atoms with Gasteiger partial charge in [0.2, 0.25) is 0 Å². The molecule has 9 atom stereocenters. The number of benzene rings is 1. The maximum Gasteiger partial charge on any atom is 0.309 e. The predicted molar refractivity (Wildman–Crippen MR) is 229 cm³/mol. The Morgan fingerprint density at radius 2 is 1.63 bits per heavy atom. The monoisotopic (exact) mass is 832 g/mol. The number of ketones is 1. The maximum atomic E-state index is 14.5. The number of halogens is 1. The molecule has 0 saturated heterocycles. The van der Waals surface area contributed by atoms with E-state index in [1.165, 1.54) is 5.57 Å². The van der Waals surface area contributed by atoms with Crippen molar-refractivity contribution in [3.8, 4) is 11.4 Å². The number of hydrogen-bond donors (Lipinski definition) is 2. The van der Waals surface area contributed by atoms with Crippen molar-refractivity contribution >= 4 is 29.3 Å². The molecule has 2 unspecified atom stereocenters. The van der Waals surface area contributed by atoms with Crippen LogP contribution < -0.4 is 0 Å². The summed E-state index contributed by atoms with van der Waals surface area (Å²) >= 11 is 6.27. The van der Waals surface area contributed by atoms with Crippen LogP contribution in [0, 0.1) is 56.2 Å².